The molecule has 0 N–H and O–H groups in total. The maximum absolute atomic E-state index is 12.8. The van der Waals surface area contributed by atoms with Gasteiger partial charge in [-0.1, -0.05) is 307 Å². The van der Waals surface area contributed by atoms with E-state index in [1.165, 1.54) is 225 Å². The molecule has 1 unspecified atom stereocenters. The first-order valence-corrected chi connectivity index (χ1v) is 33.1. The van der Waals surface area contributed by atoms with Crippen LogP contribution in [-0.2, 0) is 28.6 Å². The van der Waals surface area contributed by atoms with Gasteiger partial charge in [0.2, 0.25) is 0 Å². The van der Waals surface area contributed by atoms with Crippen LogP contribution in [0, 0.1) is 0 Å². The number of ether oxygens (including phenoxy) is 3. The molecule has 0 saturated carbocycles. The molecule has 0 heterocycles. The molecule has 438 valence electrons. The predicted molar refractivity (Wildman–Crippen MR) is 325 cm³/mol. The zero-order valence-corrected chi connectivity index (χ0v) is 50.3. The van der Waals surface area contributed by atoms with Crippen molar-refractivity contribution in [2.24, 2.45) is 0 Å². The predicted octanol–water partition coefficient (Wildman–Crippen LogP) is 22.6. The molecule has 0 fully saturated rings. The summed E-state index contributed by atoms with van der Waals surface area (Å²) < 4.78 is 16.8. The molecular weight excluding hydrogens is 925 g/mol. The first kappa shape index (κ1) is 72.4. The largest absolute Gasteiger partial charge is 0.462 e. The summed E-state index contributed by atoms with van der Waals surface area (Å²) >= 11 is 0. The van der Waals surface area contributed by atoms with Crippen LogP contribution < -0.4 is 0 Å². The van der Waals surface area contributed by atoms with Gasteiger partial charge in [0.1, 0.15) is 13.2 Å². The number of carbonyl (C=O) groups is 3. The summed E-state index contributed by atoms with van der Waals surface area (Å²) in [5.41, 5.74) is 0. The van der Waals surface area contributed by atoms with E-state index in [1.54, 1.807) is 0 Å². The summed E-state index contributed by atoms with van der Waals surface area (Å²) in [6.07, 6.45) is 80.3. The summed E-state index contributed by atoms with van der Waals surface area (Å²) in [7, 11) is 0. The van der Waals surface area contributed by atoms with Crippen molar-refractivity contribution >= 4 is 17.9 Å². The van der Waals surface area contributed by atoms with Gasteiger partial charge >= 0.3 is 17.9 Å². The van der Waals surface area contributed by atoms with Crippen LogP contribution in [0.1, 0.15) is 355 Å². The Hall–Kier alpha value is -2.63. The van der Waals surface area contributed by atoms with Crippen molar-refractivity contribution < 1.29 is 28.6 Å². The molecule has 6 heteroatoms. The Morgan fingerprint density at radius 2 is 0.493 bits per heavy atom. The Balaban J connectivity index is 3.94. The molecule has 1 atom stereocenters. The van der Waals surface area contributed by atoms with Gasteiger partial charge in [0, 0.05) is 19.3 Å². The highest BCUT2D eigenvalue weighted by Gasteiger charge is 2.19. The minimum absolute atomic E-state index is 0.0742. The van der Waals surface area contributed by atoms with Gasteiger partial charge in [-0.3, -0.25) is 14.4 Å². The fraction of sp³-hybridized carbons (Fsp3) is 0.841. The molecule has 0 aromatic rings. The Morgan fingerprint density at radius 1 is 0.267 bits per heavy atom. The van der Waals surface area contributed by atoms with E-state index >= 15 is 0 Å². The van der Waals surface area contributed by atoms with Crippen LogP contribution in [0.3, 0.4) is 0 Å². The normalized spacial score (nSPS) is 12.3. The average molecular weight is 1050 g/mol. The first-order valence-electron chi connectivity index (χ1n) is 33.1. The lowest BCUT2D eigenvalue weighted by molar-refractivity contribution is -0.167. The number of hydrogen-bond donors (Lipinski definition) is 0. The molecule has 0 aliphatic rings. The Labute approximate surface area is 467 Å². The fourth-order valence-electron chi connectivity index (χ4n) is 9.79. The van der Waals surface area contributed by atoms with Crippen molar-refractivity contribution in [2.45, 2.75) is 361 Å². The van der Waals surface area contributed by atoms with Crippen molar-refractivity contribution in [3.05, 3.63) is 48.6 Å². The van der Waals surface area contributed by atoms with E-state index in [4.69, 9.17) is 14.2 Å². The van der Waals surface area contributed by atoms with Gasteiger partial charge < -0.3 is 14.2 Å². The minimum Gasteiger partial charge on any atom is -0.462 e. The van der Waals surface area contributed by atoms with Gasteiger partial charge in [-0.15, -0.1) is 0 Å². The monoisotopic (exact) mass is 1050 g/mol. The lowest BCUT2D eigenvalue weighted by atomic mass is 10.0. The number of carbonyl (C=O) groups excluding carboxylic acids is 3. The third-order valence-electron chi connectivity index (χ3n) is 14.8. The summed E-state index contributed by atoms with van der Waals surface area (Å²) in [5.74, 6) is -0.875. The third-order valence-corrected chi connectivity index (χ3v) is 14.8. The zero-order chi connectivity index (χ0) is 54.3. The standard InChI is InChI=1S/C69H126O6/c1-4-7-10-13-16-19-21-23-25-26-27-28-29-30-31-32-33-34-35-36-37-38-39-40-41-42-43-44-45-47-48-50-53-56-59-62-68(71)74-65-66(64-73-67(70)61-58-55-52-18-15-12-9-6-3)75-69(72)63-60-57-54-51-49-46-24-22-20-17-14-11-8-5-2/h14,17,21-24,26-27,66H,4-13,15-16,18-20,25,28-65H2,1-3H3/b17-14-,23-21-,24-22-,27-26-. The lowest BCUT2D eigenvalue weighted by Gasteiger charge is -2.18. The van der Waals surface area contributed by atoms with Gasteiger partial charge in [0.15, 0.2) is 6.10 Å². The van der Waals surface area contributed by atoms with E-state index in [0.717, 1.165) is 89.9 Å². The molecule has 0 aliphatic heterocycles. The molecule has 0 aliphatic carbocycles. The van der Waals surface area contributed by atoms with Gasteiger partial charge in [-0.2, -0.15) is 0 Å². The number of allylic oxidation sites excluding steroid dienone is 8. The summed E-state index contributed by atoms with van der Waals surface area (Å²) in [6.45, 7) is 6.59. The Morgan fingerprint density at radius 3 is 0.773 bits per heavy atom. The molecule has 0 aromatic heterocycles. The van der Waals surface area contributed by atoms with E-state index < -0.39 is 6.10 Å². The second kappa shape index (κ2) is 63.9. The van der Waals surface area contributed by atoms with Crippen LogP contribution in [0.25, 0.3) is 0 Å². The van der Waals surface area contributed by atoms with Crippen LogP contribution in [-0.4, -0.2) is 37.2 Å². The zero-order valence-electron chi connectivity index (χ0n) is 50.3. The van der Waals surface area contributed by atoms with Gasteiger partial charge in [-0.25, -0.2) is 0 Å². The molecule has 0 spiro atoms. The summed E-state index contributed by atoms with van der Waals surface area (Å²) in [4.78, 5) is 38.0. The number of unbranched alkanes of at least 4 members (excludes halogenated alkanes) is 42. The minimum atomic E-state index is -0.775. The lowest BCUT2D eigenvalue weighted by Crippen LogP contribution is -2.30. The molecule has 0 saturated heterocycles. The molecule has 0 bridgehead atoms. The van der Waals surface area contributed by atoms with E-state index in [9.17, 15) is 14.4 Å². The smallest absolute Gasteiger partial charge is 0.306 e. The van der Waals surface area contributed by atoms with Crippen molar-refractivity contribution in [2.75, 3.05) is 13.2 Å². The molecular formula is C69H126O6. The highest BCUT2D eigenvalue weighted by atomic mass is 16.6. The highest BCUT2D eigenvalue weighted by molar-refractivity contribution is 5.71. The summed E-state index contributed by atoms with van der Waals surface area (Å²) in [6, 6.07) is 0. The van der Waals surface area contributed by atoms with Gasteiger partial charge in [0.05, 0.1) is 0 Å². The van der Waals surface area contributed by atoms with Crippen LogP contribution in [0.15, 0.2) is 48.6 Å². The van der Waals surface area contributed by atoms with Crippen molar-refractivity contribution in [1.82, 2.24) is 0 Å². The molecule has 6 nitrogen and oxygen atoms in total. The van der Waals surface area contributed by atoms with Crippen LogP contribution in [0.4, 0.5) is 0 Å². The maximum Gasteiger partial charge on any atom is 0.306 e. The Bertz CT molecular complexity index is 1300. The van der Waals surface area contributed by atoms with E-state index in [0.29, 0.717) is 19.3 Å². The first-order chi connectivity index (χ1) is 37.0. The van der Waals surface area contributed by atoms with Crippen molar-refractivity contribution in [1.29, 1.82) is 0 Å². The Kier molecular flexibility index (Phi) is 61.7. The topological polar surface area (TPSA) is 78.9 Å². The third kappa shape index (κ3) is 62.1. The molecule has 75 heavy (non-hydrogen) atoms. The fourth-order valence-corrected chi connectivity index (χ4v) is 9.79. The van der Waals surface area contributed by atoms with E-state index in [-0.39, 0.29) is 31.1 Å². The molecule has 0 amide bonds. The van der Waals surface area contributed by atoms with E-state index in [1.807, 2.05) is 0 Å². The van der Waals surface area contributed by atoms with Crippen LogP contribution in [0.5, 0.6) is 0 Å². The van der Waals surface area contributed by atoms with Crippen LogP contribution in [0.2, 0.25) is 0 Å². The SMILES string of the molecule is CCCC/C=C\C/C=C\CCCCCCCC(=O)OC(COC(=O)CCCCCCCCCC)COC(=O)CCCCCCCCCCCCCCCCCCCCCCCCC/C=C\C/C=C\CCCCCCC. The highest BCUT2D eigenvalue weighted by Crippen LogP contribution is 2.18. The van der Waals surface area contributed by atoms with Gasteiger partial charge in [-0.05, 0) is 77.0 Å². The number of esters is 3. The maximum atomic E-state index is 12.8. The molecule has 0 radical (unpaired) electrons. The number of rotatable bonds is 61. The quantitative estimate of drug-likeness (QED) is 0.0261. The second-order valence-electron chi connectivity index (χ2n) is 22.4. The van der Waals surface area contributed by atoms with Crippen molar-refractivity contribution in [3.8, 4) is 0 Å². The second-order valence-corrected chi connectivity index (χ2v) is 22.4. The average Bonchev–Trinajstić information content (AvgIpc) is 3.41. The van der Waals surface area contributed by atoms with Gasteiger partial charge in [0.25, 0.3) is 0 Å². The van der Waals surface area contributed by atoms with Crippen molar-refractivity contribution in [3.63, 3.8) is 0 Å². The molecule has 0 aromatic carbocycles. The summed E-state index contributed by atoms with van der Waals surface area (Å²) in [5, 5.41) is 0. The number of hydrogen-bond acceptors (Lipinski definition) is 6. The van der Waals surface area contributed by atoms with Crippen LogP contribution >= 0.6 is 0 Å². The van der Waals surface area contributed by atoms with E-state index in [2.05, 4.69) is 69.4 Å². The molecule has 0 rings (SSSR count).